The summed E-state index contributed by atoms with van der Waals surface area (Å²) in [5.74, 6) is 1.01. The lowest BCUT2D eigenvalue weighted by Gasteiger charge is -2.16. The summed E-state index contributed by atoms with van der Waals surface area (Å²) in [5.41, 5.74) is 7.36. The zero-order valence-electron chi connectivity index (χ0n) is 13.0. The number of hydrogen-bond donors (Lipinski definition) is 1. The summed E-state index contributed by atoms with van der Waals surface area (Å²) in [6, 6.07) is 9.99. The third kappa shape index (κ3) is 3.75. The van der Waals surface area contributed by atoms with Gasteiger partial charge in [0.15, 0.2) is 5.82 Å². The number of likely N-dealkylation sites (tertiary alicyclic amines) is 1. The molecule has 1 aliphatic rings. The fourth-order valence-electron chi connectivity index (χ4n) is 2.80. The van der Waals surface area contributed by atoms with Crippen molar-refractivity contribution in [1.82, 2.24) is 15.0 Å². The van der Waals surface area contributed by atoms with E-state index in [0.717, 1.165) is 5.56 Å². The second kappa shape index (κ2) is 6.89. The quantitative estimate of drug-likeness (QED) is 0.878. The van der Waals surface area contributed by atoms with E-state index in [1.165, 1.54) is 0 Å². The van der Waals surface area contributed by atoms with Gasteiger partial charge >= 0.3 is 0 Å². The monoisotopic (exact) mass is 316 g/mol. The Balaban J connectivity index is 1.50. The van der Waals surface area contributed by atoms with Gasteiger partial charge in [-0.25, -0.2) is 0 Å². The highest BCUT2D eigenvalue weighted by Crippen LogP contribution is 2.26. The smallest absolute Gasteiger partial charge is 0.252 e. The molecule has 2 heterocycles. The normalized spacial score (nSPS) is 20.9. The molecule has 0 bridgehead atoms. The minimum atomic E-state index is -0.0740. The van der Waals surface area contributed by atoms with Gasteiger partial charge < -0.3 is 19.9 Å². The van der Waals surface area contributed by atoms with Crippen LogP contribution in [-0.4, -0.2) is 46.7 Å². The van der Waals surface area contributed by atoms with E-state index in [0.29, 0.717) is 24.8 Å². The molecule has 3 rings (SSSR count). The van der Waals surface area contributed by atoms with Crippen LogP contribution in [0.5, 0.6) is 0 Å². The van der Waals surface area contributed by atoms with Crippen LogP contribution in [0.1, 0.15) is 23.2 Å². The van der Waals surface area contributed by atoms with Gasteiger partial charge in [-0.15, -0.1) is 0 Å². The first kappa shape index (κ1) is 15.6. The molecular weight excluding hydrogens is 296 g/mol. The summed E-state index contributed by atoms with van der Waals surface area (Å²) >= 11 is 0. The maximum atomic E-state index is 12.2. The van der Waals surface area contributed by atoms with Gasteiger partial charge in [0.1, 0.15) is 13.2 Å². The molecule has 1 saturated heterocycles. The van der Waals surface area contributed by atoms with Gasteiger partial charge in [-0.2, -0.15) is 4.98 Å². The van der Waals surface area contributed by atoms with Crippen LogP contribution in [0.4, 0.5) is 0 Å². The lowest BCUT2D eigenvalue weighted by molar-refractivity contribution is -0.135. The molecule has 2 aromatic rings. The Bertz CT molecular complexity index is 658. The number of amides is 1. The molecule has 1 amide bonds. The Morgan fingerprint density at radius 2 is 2.17 bits per heavy atom. The van der Waals surface area contributed by atoms with Crippen molar-refractivity contribution in [3.8, 4) is 0 Å². The predicted molar refractivity (Wildman–Crippen MR) is 82.4 cm³/mol. The number of aromatic nitrogens is 2. The van der Waals surface area contributed by atoms with Crippen LogP contribution in [0, 0.1) is 6.92 Å². The molecule has 1 fully saturated rings. The van der Waals surface area contributed by atoms with Gasteiger partial charge in [-0.1, -0.05) is 35.5 Å². The Morgan fingerprint density at radius 1 is 1.39 bits per heavy atom. The summed E-state index contributed by atoms with van der Waals surface area (Å²) in [5, 5.41) is 3.67. The lowest BCUT2D eigenvalue weighted by Crippen LogP contribution is -2.34. The molecule has 0 spiro atoms. The topological polar surface area (TPSA) is 94.5 Å². The Morgan fingerprint density at radius 3 is 2.87 bits per heavy atom. The Labute approximate surface area is 134 Å². The number of ether oxygens (including phenoxy) is 1. The average molecular weight is 316 g/mol. The van der Waals surface area contributed by atoms with E-state index in [-0.39, 0.29) is 31.1 Å². The molecule has 1 aromatic carbocycles. The minimum absolute atomic E-state index is 0.0182. The van der Waals surface area contributed by atoms with Crippen molar-refractivity contribution in [3.05, 3.63) is 47.6 Å². The van der Waals surface area contributed by atoms with Crippen LogP contribution in [-0.2, 0) is 16.1 Å². The number of hydrogen-bond acceptors (Lipinski definition) is 6. The summed E-state index contributed by atoms with van der Waals surface area (Å²) in [6.07, 6.45) is 0. The third-order valence-electron chi connectivity index (χ3n) is 3.97. The zero-order chi connectivity index (χ0) is 16.2. The van der Waals surface area contributed by atoms with Gasteiger partial charge in [0, 0.05) is 25.0 Å². The van der Waals surface area contributed by atoms with Gasteiger partial charge in [-0.05, 0) is 12.5 Å². The number of carbonyl (C=O) groups is 1. The second-order valence-corrected chi connectivity index (χ2v) is 5.71. The van der Waals surface area contributed by atoms with Crippen molar-refractivity contribution >= 4 is 5.91 Å². The highest BCUT2D eigenvalue weighted by molar-refractivity contribution is 5.78. The molecule has 0 aliphatic carbocycles. The first-order chi connectivity index (χ1) is 11.1. The minimum Gasteiger partial charge on any atom is -0.362 e. The zero-order valence-corrected chi connectivity index (χ0v) is 13.0. The highest BCUT2D eigenvalue weighted by Gasteiger charge is 2.33. The number of rotatable bonds is 5. The molecule has 1 aliphatic heterocycles. The van der Waals surface area contributed by atoms with Crippen LogP contribution in [0.2, 0.25) is 0 Å². The molecule has 0 unspecified atom stereocenters. The fraction of sp³-hybridized carbons (Fsp3) is 0.438. The van der Waals surface area contributed by atoms with Crippen molar-refractivity contribution in [2.24, 2.45) is 5.73 Å². The van der Waals surface area contributed by atoms with Crippen molar-refractivity contribution < 1.29 is 14.1 Å². The summed E-state index contributed by atoms with van der Waals surface area (Å²) < 4.78 is 10.3. The van der Waals surface area contributed by atoms with Gasteiger partial charge in [0.25, 0.3) is 5.89 Å². The maximum Gasteiger partial charge on any atom is 0.252 e. The lowest BCUT2D eigenvalue weighted by atomic mass is 9.95. The molecule has 23 heavy (non-hydrogen) atoms. The van der Waals surface area contributed by atoms with E-state index in [2.05, 4.69) is 10.1 Å². The van der Waals surface area contributed by atoms with E-state index in [1.54, 1.807) is 11.8 Å². The van der Waals surface area contributed by atoms with Crippen molar-refractivity contribution in [2.45, 2.75) is 25.5 Å². The Kier molecular flexibility index (Phi) is 4.68. The number of nitrogens with zero attached hydrogens (tertiary/aromatic N) is 3. The molecule has 0 saturated carbocycles. The highest BCUT2D eigenvalue weighted by atomic mass is 16.5. The molecule has 1 aromatic heterocycles. The molecule has 7 nitrogen and oxygen atoms in total. The molecule has 122 valence electrons. The molecular formula is C16H20N4O3. The van der Waals surface area contributed by atoms with Crippen molar-refractivity contribution in [2.75, 3.05) is 19.7 Å². The molecule has 2 N–H and O–H groups in total. The van der Waals surface area contributed by atoms with Crippen LogP contribution in [0.15, 0.2) is 34.9 Å². The van der Waals surface area contributed by atoms with Crippen LogP contribution < -0.4 is 5.73 Å². The van der Waals surface area contributed by atoms with Crippen LogP contribution >= 0.6 is 0 Å². The van der Waals surface area contributed by atoms with E-state index in [9.17, 15) is 4.79 Å². The van der Waals surface area contributed by atoms with Gasteiger partial charge in [-0.3, -0.25) is 4.79 Å². The van der Waals surface area contributed by atoms with E-state index in [1.807, 2.05) is 30.3 Å². The summed E-state index contributed by atoms with van der Waals surface area (Å²) in [4.78, 5) is 18.0. The first-order valence-electron chi connectivity index (χ1n) is 7.58. The second-order valence-electron chi connectivity index (χ2n) is 5.71. The first-order valence-corrected chi connectivity index (χ1v) is 7.58. The standard InChI is InChI=1S/C16H20N4O3/c1-11-18-15(23-19-11)9-22-10-16(21)20-7-13(14(17)8-20)12-5-3-2-4-6-12/h2-6,13-14H,7-10,17H2,1H3/t13-,14+/m0/s1. The van der Waals surface area contributed by atoms with Crippen LogP contribution in [0.25, 0.3) is 0 Å². The fourth-order valence-corrected chi connectivity index (χ4v) is 2.80. The van der Waals surface area contributed by atoms with Crippen LogP contribution in [0.3, 0.4) is 0 Å². The van der Waals surface area contributed by atoms with E-state index < -0.39 is 0 Å². The third-order valence-corrected chi connectivity index (χ3v) is 3.97. The van der Waals surface area contributed by atoms with Gasteiger partial charge in [0.05, 0.1) is 0 Å². The van der Waals surface area contributed by atoms with Crippen molar-refractivity contribution in [3.63, 3.8) is 0 Å². The average Bonchev–Trinajstić information content (AvgIpc) is 3.14. The number of benzene rings is 1. The summed E-state index contributed by atoms with van der Waals surface area (Å²) in [7, 11) is 0. The van der Waals surface area contributed by atoms with Gasteiger partial charge in [0.2, 0.25) is 5.91 Å². The van der Waals surface area contributed by atoms with E-state index >= 15 is 0 Å². The molecule has 7 heteroatoms. The molecule has 2 atom stereocenters. The summed E-state index contributed by atoms with van der Waals surface area (Å²) in [6.45, 7) is 3.01. The number of nitrogens with two attached hydrogens (primary N) is 1. The maximum absolute atomic E-state index is 12.2. The Hall–Kier alpha value is -2.25. The van der Waals surface area contributed by atoms with E-state index in [4.69, 9.17) is 15.0 Å². The predicted octanol–water partition coefficient (Wildman–Crippen LogP) is 0.848. The largest absolute Gasteiger partial charge is 0.362 e. The number of carbonyl (C=O) groups excluding carboxylic acids is 1. The number of aryl methyl sites for hydroxylation is 1. The van der Waals surface area contributed by atoms with Crippen molar-refractivity contribution in [1.29, 1.82) is 0 Å². The SMILES string of the molecule is Cc1noc(COCC(=O)N2C[C@@H](N)[C@H](c3ccccc3)C2)n1. The molecule has 0 radical (unpaired) electrons.